The third-order valence-corrected chi connectivity index (χ3v) is 5.50. The molecule has 0 radical (unpaired) electrons. The van der Waals surface area contributed by atoms with Crippen molar-refractivity contribution in [2.24, 2.45) is 5.92 Å². The molecule has 0 saturated carbocycles. The topological polar surface area (TPSA) is 78.5 Å². The highest BCUT2D eigenvalue weighted by molar-refractivity contribution is 7.12. The van der Waals surface area contributed by atoms with E-state index in [1.165, 1.54) is 11.3 Å². The molecule has 1 aromatic heterocycles. The van der Waals surface area contributed by atoms with E-state index in [1.54, 1.807) is 11.0 Å². The smallest absolute Gasteiger partial charge is 0.261 e. The van der Waals surface area contributed by atoms with E-state index in [9.17, 15) is 14.4 Å². The van der Waals surface area contributed by atoms with Gasteiger partial charge in [-0.1, -0.05) is 24.3 Å². The summed E-state index contributed by atoms with van der Waals surface area (Å²) in [5.41, 5.74) is 0.794. The first-order valence-corrected chi connectivity index (χ1v) is 9.97. The maximum absolute atomic E-state index is 12.3. The quantitative estimate of drug-likeness (QED) is 0.803. The van der Waals surface area contributed by atoms with Crippen LogP contribution in [-0.4, -0.2) is 42.3 Å². The Morgan fingerprint density at radius 3 is 2.44 bits per heavy atom. The van der Waals surface area contributed by atoms with Gasteiger partial charge in [0.25, 0.3) is 5.91 Å². The lowest BCUT2D eigenvalue weighted by atomic mass is 9.95. The van der Waals surface area contributed by atoms with Crippen LogP contribution in [0.5, 0.6) is 0 Å². The molecule has 3 amide bonds. The van der Waals surface area contributed by atoms with Crippen LogP contribution in [0, 0.1) is 5.92 Å². The lowest BCUT2D eigenvalue weighted by molar-refractivity contribution is -0.134. The van der Waals surface area contributed by atoms with Gasteiger partial charge in [-0.05, 0) is 36.4 Å². The molecule has 1 fully saturated rings. The summed E-state index contributed by atoms with van der Waals surface area (Å²) in [6.45, 7) is 1.47. The second-order valence-electron chi connectivity index (χ2n) is 6.49. The van der Waals surface area contributed by atoms with Crippen molar-refractivity contribution in [2.75, 3.05) is 25.0 Å². The SMILES string of the molecule is O=C(NCCC(=O)N1CCC(C(=O)Nc2ccccc2)CC1)c1cccs1. The maximum Gasteiger partial charge on any atom is 0.261 e. The Kier molecular flexibility index (Phi) is 6.59. The Bertz CT molecular complexity index is 769. The van der Waals surface area contributed by atoms with Gasteiger partial charge < -0.3 is 15.5 Å². The molecule has 0 unspecified atom stereocenters. The zero-order valence-electron chi connectivity index (χ0n) is 15.0. The first-order chi connectivity index (χ1) is 13.1. The third kappa shape index (κ3) is 5.40. The van der Waals surface area contributed by atoms with E-state index in [4.69, 9.17) is 0 Å². The average Bonchev–Trinajstić information content (AvgIpc) is 3.23. The predicted octanol–water partition coefficient (Wildman–Crippen LogP) is 2.75. The van der Waals surface area contributed by atoms with Crippen LogP contribution >= 0.6 is 11.3 Å². The van der Waals surface area contributed by atoms with E-state index in [0.717, 1.165) is 5.69 Å². The number of benzene rings is 1. The Morgan fingerprint density at radius 2 is 1.78 bits per heavy atom. The molecule has 0 atom stereocenters. The fourth-order valence-corrected chi connectivity index (χ4v) is 3.73. The minimum atomic E-state index is -0.144. The highest BCUT2D eigenvalue weighted by Gasteiger charge is 2.27. The summed E-state index contributed by atoms with van der Waals surface area (Å²) in [6, 6.07) is 13.0. The molecule has 2 aromatic rings. The van der Waals surface area contributed by atoms with Gasteiger partial charge in [-0.2, -0.15) is 0 Å². The fourth-order valence-electron chi connectivity index (χ4n) is 3.09. The number of nitrogens with zero attached hydrogens (tertiary/aromatic N) is 1. The number of likely N-dealkylation sites (tertiary alicyclic amines) is 1. The lowest BCUT2D eigenvalue weighted by Gasteiger charge is -2.31. The number of para-hydroxylation sites is 1. The van der Waals surface area contributed by atoms with Crippen LogP contribution in [0.15, 0.2) is 47.8 Å². The van der Waals surface area contributed by atoms with Gasteiger partial charge in [0.05, 0.1) is 4.88 Å². The molecule has 2 N–H and O–H groups in total. The van der Waals surface area contributed by atoms with E-state index in [0.29, 0.717) is 37.4 Å². The van der Waals surface area contributed by atoms with Gasteiger partial charge in [0.15, 0.2) is 0 Å². The van der Waals surface area contributed by atoms with Gasteiger partial charge in [-0.25, -0.2) is 0 Å². The molecular formula is C20H23N3O3S. The summed E-state index contributed by atoms with van der Waals surface area (Å²) in [6.07, 6.45) is 1.59. The van der Waals surface area contributed by atoms with Crippen molar-refractivity contribution < 1.29 is 14.4 Å². The molecule has 0 bridgehead atoms. The van der Waals surface area contributed by atoms with Gasteiger partial charge in [0.1, 0.15) is 0 Å². The van der Waals surface area contributed by atoms with Crippen LogP contribution in [0.4, 0.5) is 5.69 Å². The molecule has 142 valence electrons. The van der Waals surface area contributed by atoms with Crippen molar-refractivity contribution >= 4 is 34.7 Å². The molecule has 1 saturated heterocycles. The summed E-state index contributed by atoms with van der Waals surface area (Å²) in [5.74, 6) is -0.193. The highest BCUT2D eigenvalue weighted by Crippen LogP contribution is 2.20. The van der Waals surface area contributed by atoms with Crippen LogP contribution in [0.25, 0.3) is 0 Å². The predicted molar refractivity (Wildman–Crippen MR) is 106 cm³/mol. The molecule has 0 spiro atoms. The van der Waals surface area contributed by atoms with Crippen molar-refractivity contribution in [1.29, 1.82) is 0 Å². The summed E-state index contributed by atoms with van der Waals surface area (Å²) in [5, 5.41) is 7.54. The number of hydrogen-bond acceptors (Lipinski definition) is 4. The zero-order valence-corrected chi connectivity index (χ0v) is 15.8. The first kappa shape index (κ1) is 19.1. The Labute approximate surface area is 162 Å². The molecule has 6 nitrogen and oxygen atoms in total. The summed E-state index contributed by atoms with van der Waals surface area (Å²) in [4.78, 5) is 38.9. The number of hydrogen-bond donors (Lipinski definition) is 2. The lowest BCUT2D eigenvalue weighted by Crippen LogP contribution is -2.42. The van der Waals surface area contributed by atoms with Gasteiger partial charge in [0, 0.05) is 37.7 Å². The largest absolute Gasteiger partial charge is 0.351 e. The van der Waals surface area contributed by atoms with Crippen LogP contribution in [0.2, 0.25) is 0 Å². The van der Waals surface area contributed by atoms with Crippen molar-refractivity contribution in [3.05, 3.63) is 52.7 Å². The average molecular weight is 385 g/mol. The molecule has 3 rings (SSSR count). The van der Waals surface area contributed by atoms with Gasteiger partial charge in [0.2, 0.25) is 11.8 Å². The minimum absolute atomic E-state index is 0.0107. The Hall–Kier alpha value is -2.67. The van der Waals surface area contributed by atoms with Crippen LogP contribution in [0.3, 0.4) is 0 Å². The van der Waals surface area contributed by atoms with Gasteiger partial charge in [-0.15, -0.1) is 11.3 Å². The number of carbonyl (C=O) groups is 3. The molecule has 2 heterocycles. The maximum atomic E-state index is 12.3. The number of nitrogens with one attached hydrogen (secondary N) is 2. The number of carbonyl (C=O) groups excluding carboxylic acids is 3. The number of amides is 3. The third-order valence-electron chi connectivity index (χ3n) is 4.63. The van der Waals surface area contributed by atoms with E-state index in [1.807, 2.05) is 41.8 Å². The van der Waals surface area contributed by atoms with Crippen molar-refractivity contribution in [1.82, 2.24) is 10.2 Å². The van der Waals surface area contributed by atoms with Crippen molar-refractivity contribution in [3.8, 4) is 0 Å². The molecule has 1 aliphatic rings. The Balaban J connectivity index is 1.37. The highest BCUT2D eigenvalue weighted by atomic mass is 32.1. The molecule has 27 heavy (non-hydrogen) atoms. The summed E-state index contributed by atoms with van der Waals surface area (Å²) < 4.78 is 0. The van der Waals surface area contributed by atoms with E-state index >= 15 is 0 Å². The van der Waals surface area contributed by atoms with Crippen LogP contribution in [0.1, 0.15) is 28.9 Å². The first-order valence-electron chi connectivity index (χ1n) is 9.09. The summed E-state index contributed by atoms with van der Waals surface area (Å²) in [7, 11) is 0. The fraction of sp³-hybridized carbons (Fsp3) is 0.350. The van der Waals surface area contributed by atoms with Crippen molar-refractivity contribution in [2.45, 2.75) is 19.3 Å². The van der Waals surface area contributed by atoms with E-state index in [-0.39, 0.29) is 30.1 Å². The van der Waals surface area contributed by atoms with E-state index < -0.39 is 0 Å². The zero-order chi connectivity index (χ0) is 19.1. The van der Waals surface area contributed by atoms with Crippen LogP contribution < -0.4 is 10.6 Å². The molecule has 0 aliphatic carbocycles. The Morgan fingerprint density at radius 1 is 1.04 bits per heavy atom. The molecule has 1 aliphatic heterocycles. The molecule has 7 heteroatoms. The standard InChI is InChI=1S/C20H23N3O3S/c24-18(8-11-21-20(26)17-7-4-14-27-17)23-12-9-15(10-13-23)19(25)22-16-5-2-1-3-6-16/h1-7,14-15H,8-13H2,(H,21,26)(H,22,25). The van der Waals surface area contributed by atoms with Crippen LogP contribution in [-0.2, 0) is 9.59 Å². The van der Waals surface area contributed by atoms with E-state index in [2.05, 4.69) is 10.6 Å². The molecular weight excluding hydrogens is 362 g/mol. The van der Waals surface area contributed by atoms with Crippen molar-refractivity contribution in [3.63, 3.8) is 0 Å². The second kappa shape index (κ2) is 9.32. The number of anilines is 1. The van der Waals surface area contributed by atoms with Gasteiger partial charge in [-0.3, -0.25) is 14.4 Å². The number of rotatable bonds is 6. The monoisotopic (exact) mass is 385 g/mol. The minimum Gasteiger partial charge on any atom is -0.351 e. The number of thiophene rings is 1. The normalized spacial score (nSPS) is 14.6. The molecule has 1 aromatic carbocycles. The number of piperidine rings is 1. The second-order valence-corrected chi connectivity index (χ2v) is 7.44. The summed E-state index contributed by atoms with van der Waals surface area (Å²) >= 11 is 1.38. The van der Waals surface area contributed by atoms with Gasteiger partial charge >= 0.3 is 0 Å².